The molecule has 0 unspecified atom stereocenters. The average molecular weight is 276 g/mol. The first-order valence-corrected chi connectivity index (χ1v) is 7.26. The van der Waals surface area contributed by atoms with Crippen molar-refractivity contribution in [3.8, 4) is 0 Å². The van der Waals surface area contributed by atoms with E-state index in [1.165, 1.54) is 22.1 Å². The quantitative estimate of drug-likeness (QED) is 0.694. The maximum atomic E-state index is 4.79. The number of hydrogen-bond acceptors (Lipinski definition) is 2. The molecule has 0 amide bonds. The average Bonchev–Trinajstić information content (AvgIpc) is 2.45. The van der Waals surface area contributed by atoms with Crippen molar-refractivity contribution in [1.82, 2.24) is 4.98 Å². The minimum atomic E-state index is 0.932. The summed E-state index contributed by atoms with van der Waals surface area (Å²) < 4.78 is 0. The molecule has 0 saturated carbocycles. The molecule has 0 radical (unpaired) electrons. The molecule has 1 heterocycles. The number of pyridine rings is 1. The monoisotopic (exact) mass is 276 g/mol. The Kier molecular flexibility index (Phi) is 3.38. The Hall–Kier alpha value is -2.35. The van der Waals surface area contributed by atoms with Crippen LogP contribution in [-0.2, 0) is 0 Å². The third kappa shape index (κ3) is 2.62. The topological polar surface area (TPSA) is 24.9 Å². The van der Waals surface area contributed by atoms with Gasteiger partial charge in [-0.05, 0) is 68.1 Å². The fraction of sp³-hybridized carbons (Fsp3) is 0.211. The van der Waals surface area contributed by atoms with Gasteiger partial charge in [-0.15, -0.1) is 0 Å². The number of fused-ring (bicyclic) bond motifs is 1. The maximum absolute atomic E-state index is 4.79. The second-order valence-corrected chi connectivity index (χ2v) is 5.72. The van der Waals surface area contributed by atoms with Gasteiger partial charge in [-0.2, -0.15) is 0 Å². The van der Waals surface area contributed by atoms with E-state index in [4.69, 9.17) is 4.98 Å². The van der Waals surface area contributed by atoms with Crippen LogP contribution in [0.25, 0.3) is 10.9 Å². The molecule has 3 rings (SSSR count). The van der Waals surface area contributed by atoms with Crippen molar-refractivity contribution in [2.75, 3.05) is 5.32 Å². The Morgan fingerprint density at radius 1 is 0.857 bits per heavy atom. The normalized spacial score (nSPS) is 10.9. The fourth-order valence-electron chi connectivity index (χ4n) is 2.52. The molecule has 106 valence electrons. The van der Waals surface area contributed by atoms with E-state index in [0.29, 0.717) is 0 Å². The van der Waals surface area contributed by atoms with Gasteiger partial charge in [0.2, 0.25) is 0 Å². The minimum Gasteiger partial charge on any atom is -0.340 e. The summed E-state index contributed by atoms with van der Waals surface area (Å²) in [5.74, 6) is 0.932. The highest BCUT2D eigenvalue weighted by Gasteiger charge is 2.06. The van der Waals surface area contributed by atoms with Crippen molar-refractivity contribution in [2.45, 2.75) is 27.7 Å². The molecule has 3 aromatic rings. The summed E-state index contributed by atoms with van der Waals surface area (Å²) >= 11 is 0. The first-order valence-electron chi connectivity index (χ1n) is 7.26. The van der Waals surface area contributed by atoms with Crippen LogP contribution in [0, 0.1) is 27.7 Å². The van der Waals surface area contributed by atoms with E-state index in [2.05, 4.69) is 75.5 Å². The summed E-state index contributed by atoms with van der Waals surface area (Å²) in [4.78, 5) is 4.79. The number of rotatable bonds is 2. The minimum absolute atomic E-state index is 0.932. The third-order valence-electron chi connectivity index (χ3n) is 4.02. The molecule has 2 aromatic carbocycles. The van der Waals surface area contributed by atoms with E-state index in [1.54, 1.807) is 0 Å². The summed E-state index contributed by atoms with van der Waals surface area (Å²) in [6.45, 7) is 8.46. The Balaban J connectivity index is 2.07. The second-order valence-electron chi connectivity index (χ2n) is 5.72. The van der Waals surface area contributed by atoms with Crippen molar-refractivity contribution in [1.29, 1.82) is 0 Å². The summed E-state index contributed by atoms with van der Waals surface area (Å²) in [7, 11) is 0. The lowest BCUT2D eigenvalue weighted by molar-refractivity contribution is 1.27. The van der Waals surface area contributed by atoms with Crippen LogP contribution in [0.1, 0.15) is 22.3 Å². The molecule has 0 bridgehead atoms. The van der Waals surface area contributed by atoms with Crippen LogP contribution in [0.3, 0.4) is 0 Å². The van der Waals surface area contributed by atoms with Gasteiger partial charge in [0.25, 0.3) is 0 Å². The molecule has 2 heteroatoms. The van der Waals surface area contributed by atoms with E-state index in [1.807, 2.05) is 0 Å². The molecular weight excluding hydrogens is 256 g/mol. The number of anilines is 2. The zero-order valence-corrected chi connectivity index (χ0v) is 13.0. The lowest BCUT2D eigenvalue weighted by Gasteiger charge is -2.13. The summed E-state index contributed by atoms with van der Waals surface area (Å²) in [6.07, 6.45) is 0. The van der Waals surface area contributed by atoms with E-state index in [9.17, 15) is 0 Å². The van der Waals surface area contributed by atoms with Gasteiger partial charge < -0.3 is 5.32 Å². The van der Waals surface area contributed by atoms with Crippen LogP contribution in [0.5, 0.6) is 0 Å². The SMILES string of the molecule is Cc1ccc2cc(C)c(Nc3cccc(C)c3C)nc2c1. The predicted molar refractivity (Wildman–Crippen MR) is 90.4 cm³/mol. The van der Waals surface area contributed by atoms with E-state index in [0.717, 1.165) is 22.6 Å². The number of nitrogens with zero attached hydrogens (tertiary/aromatic N) is 1. The van der Waals surface area contributed by atoms with Gasteiger partial charge in [0.15, 0.2) is 0 Å². The number of nitrogens with one attached hydrogen (secondary N) is 1. The zero-order valence-electron chi connectivity index (χ0n) is 13.0. The number of benzene rings is 2. The zero-order chi connectivity index (χ0) is 15.0. The molecule has 0 saturated heterocycles. The Bertz CT molecular complexity index is 819. The molecule has 0 spiro atoms. The van der Waals surface area contributed by atoms with Crippen molar-refractivity contribution >= 4 is 22.4 Å². The van der Waals surface area contributed by atoms with Gasteiger partial charge in [-0.25, -0.2) is 4.98 Å². The third-order valence-corrected chi connectivity index (χ3v) is 4.02. The lowest BCUT2D eigenvalue weighted by Crippen LogP contribution is -1.99. The van der Waals surface area contributed by atoms with Crippen LogP contribution in [0.4, 0.5) is 11.5 Å². The second kappa shape index (κ2) is 5.21. The largest absolute Gasteiger partial charge is 0.340 e. The van der Waals surface area contributed by atoms with Gasteiger partial charge in [0, 0.05) is 11.1 Å². The van der Waals surface area contributed by atoms with Gasteiger partial charge in [-0.3, -0.25) is 0 Å². The molecule has 0 aliphatic rings. The fourth-order valence-corrected chi connectivity index (χ4v) is 2.52. The molecule has 21 heavy (non-hydrogen) atoms. The van der Waals surface area contributed by atoms with Crippen molar-refractivity contribution < 1.29 is 0 Å². The first kappa shape index (κ1) is 13.6. The van der Waals surface area contributed by atoms with Crippen LogP contribution in [-0.4, -0.2) is 4.98 Å². The highest BCUT2D eigenvalue weighted by Crippen LogP contribution is 2.26. The highest BCUT2D eigenvalue weighted by molar-refractivity contribution is 5.83. The molecule has 0 fully saturated rings. The van der Waals surface area contributed by atoms with Crippen molar-refractivity contribution in [2.24, 2.45) is 0 Å². The molecule has 1 N–H and O–H groups in total. The van der Waals surface area contributed by atoms with Gasteiger partial charge in [-0.1, -0.05) is 24.3 Å². The molecule has 0 atom stereocenters. The Labute approximate surface area is 125 Å². The van der Waals surface area contributed by atoms with Crippen LogP contribution >= 0.6 is 0 Å². The number of hydrogen-bond donors (Lipinski definition) is 1. The van der Waals surface area contributed by atoms with E-state index < -0.39 is 0 Å². The molecule has 0 aliphatic carbocycles. The molecular formula is C19H20N2. The van der Waals surface area contributed by atoms with Gasteiger partial charge in [0.05, 0.1) is 5.52 Å². The van der Waals surface area contributed by atoms with Gasteiger partial charge in [0.1, 0.15) is 5.82 Å². The van der Waals surface area contributed by atoms with Crippen LogP contribution in [0.15, 0.2) is 42.5 Å². The molecule has 1 aromatic heterocycles. The van der Waals surface area contributed by atoms with Crippen LogP contribution < -0.4 is 5.32 Å². The Morgan fingerprint density at radius 3 is 2.48 bits per heavy atom. The predicted octanol–water partition coefficient (Wildman–Crippen LogP) is 5.21. The Morgan fingerprint density at radius 2 is 1.67 bits per heavy atom. The molecule has 0 aliphatic heterocycles. The van der Waals surface area contributed by atoms with Crippen molar-refractivity contribution in [3.63, 3.8) is 0 Å². The van der Waals surface area contributed by atoms with Crippen LogP contribution in [0.2, 0.25) is 0 Å². The summed E-state index contributed by atoms with van der Waals surface area (Å²) in [6, 6.07) is 14.9. The smallest absolute Gasteiger partial charge is 0.134 e. The lowest BCUT2D eigenvalue weighted by atomic mass is 10.1. The number of aryl methyl sites for hydroxylation is 3. The highest BCUT2D eigenvalue weighted by atomic mass is 15.0. The first-order chi connectivity index (χ1) is 10.0. The van der Waals surface area contributed by atoms with E-state index >= 15 is 0 Å². The van der Waals surface area contributed by atoms with E-state index in [-0.39, 0.29) is 0 Å². The van der Waals surface area contributed by atoms with Crippen molar-refractivity contribution in [3.05, 3.63) is 64.7 Å². The van der Waals surface area contributed by atoms with Gasteiger partial charge >= 0.3 is 0 Å². The summed E-state index contributed by atoms with van der Waals surface area (Å²) in [5, 5.41) is 4.67. The maximum Gasteiger partial charge on any atom is 0.134 e. The number of aromatic nitrogens is 1. The molecule has 2 nitrogen and oxygen atoms in total. The standard InChI is InChI=1S/C19H20N2/c1-12-8-9-16-11-14(3)19(21-18(16)10-12)20-17-7-5-6-13(2)15(17)4/h5-11H,1-4H3,(H,20,21). The summed E-state index contributed by atoms with van der Waals surface area (Å²) in [5.41, 5.74) is 7.10.